The van der Waals surface area contributed by atoms with Crippen LogP contribution in [0.3, 0.4) is 0 Å². The first-order valence-electron chi connectivity index (χ1n) is 6.85. The SMILES string of the molecule is CN(C)CCN(C)S(=O)(=O)c1ccc(-c2cc(C(F)(F)F)[nH]n2)o1. The molecular formula is C13H17F3N4O3S. The third-order valence-electron chi connectivity index (χ3n) is 3.24. The highest BCUT2D eigenvalue weighted by Crippen LogP contribution is 2.31. The van der Waals surface area contributed by atoms with Crippen molar-refractivity contribution in [2.75, 3.05) is 34.2 Å². The fourth-order valence-corrected chi connectivity index (χ4v) is 2.87. The Kier molecular flexibility index (Phi) is 5.06. The van der Waals surface area contributed by atoms with E-state index in [1.807, 2.05) is 10.00 Å². The van der Waals surface area contributed by atoms with Crippen LogP contribution < -0.4 is 0 Å². The molecule has 0 aliphatic heterocycles. The van der Waals surface area contributed by atoms with Gasteiger partial charge in [-0.25, -0.2) is 8.42 Å². The Balaban J connectivity index is 2.22. The van der Waals surface area contributed by atoms with E-state index in [0.29, 0.717) is 6.54 Å². The molecule has 0 unspecified atom stereocenters. The molecule has 0 fully saturated rings. The molecule has 24 heavy (non-hydrogen) atoms. The van der Waals surface area contributed by atoms with E-state index < -0.39 is 21.9 Å². The summed E-state index contributed by atoms with van der Waals surface area (Å²) in [7, 11) is 1.15. The Bertz CT molecular complexity index is 795. The molecule has 0 aromatic carbocycles. The van der Waals surface area contributed by atoms with E-state index in [2.05, 4.69) is 5.10 Å². The average molecular weight is 366 g/mol. The second-order valence-corrected chi connectivity index (χ2v) is 7.39. The van der Waals surface area contributed by atoms with Crippen LogP contribution in [-0.4, -0.2) is 62.1 Å². The highest BCUT2D eigenvalue weighted by molar-refractivity contribution is 7.89. The van der Waals surface area contributed by atoms with Gasteiger partial charge in [0.05, 0.1) is 0 Å². The highest BCUT2D eigenvalue weighted by Gasteiger charge is 2.33. The van der Waals surface area contributed by atoms with E-state index in [1.54, 1.807) is 14.1 Å². The molecule has 0 radical (unpaired) electrons. The van der Waals surface area contributed by atoms with Gasteiger partial charge < -0.3 is 9.32 Å². The first-order chi connectivity index (χ1) is 11.0. The van der Waals surface area contributed by atoms with Crippen molar-refractivity contribution in [2.24, 2.45) is 0 Å². The van der Waals surface area contributed by atoms with E-state index in [0.717, 1.165) is 10.4 Å². The van der Waals surface area contributed by atoms with Gasteiger partial charge in [0.1, 0.15) is 11.4 Å². The predicted molar refractivity (Wildman–Crippen MR) is 79.7 cm³/mol. The molecule has 1 N–H and O–H groups in total. The molecular weight excluding hydrogens is 349 g/mol. The number of likely N-dealkylation sites (N-methyl/N-ethyl adjacent to an activating group) is 2. The van der Waals surface area contributed by atoms with E-state index in [4.69, 9.17) is 4.42 Å². The molecule has 0 bridgehead atoms. The molecule has 0 spiro atoms. The number of furan rings is 1. The molecule has 2 rings (SSSR count). The summed E-state index contributed by atoms with van der Waals surface area (Å²) in [5, 5.41) is 4.99. The first kappa shape index (κ1) is 18.5. The zero-order chi connectivity index (χ0) is 18.1. The van der Waals surface area contributed by atoms with E-state index >= 15 is 0 Å². The van der Waals surface area contributed by atoms with Crippen molar-refractivity contribution in [1.82, 2.24) is 19.4 Å². The smallest absolute Gasteiger partial charge is 0.432 e. The molecule has 2 aromatic heterocycles. The summed E-state index contributed by atoms with van der Waals surface area (Å²) >= 11 is 0. The summed E-state index contributed by atoms with van der Waals surface area (Å²) < 4.78 is 68.7. The lowest BCUT2D eigenvalue weighted by Gasteiger charge is -2.17. The third kappa shape index (κ3) is 3.97. The number of H-pyrrole nitrogens is 1. The zero-order valence-corrected chi connectivity index (χ0v) is 14.1. The number of sulfonamides is 1. The zero-order valence-electron chi connectivity index (χ0n) is 13.3. The Morgan fingerprint density at radius 3 is 2.42 bits per heavy atom. The largest absolute Gasteiger partial charge is 0.442 e. The van der Waals surface area contributed by atoms with Gasteiger partial charge in [-0.2, -0.15) is 22.6 Å². The van der Waals surface area contributed by atoms with E-state index in [-0.39, 0.29) is 23.1 Å². The molecule has 0 saturated heterocycles. The summed E-state index contributed by atoms with van der Waals surface area (Å²) in [4.78, 5) is 1.82. The summed E-state index contributed by atoms with van der Waals surface area (Å²) in [6.45, 7) is 0.754. The van der Waals surface area contributed by atoms with Gasteiger partial charge >= 0.3 is 6.18 Å². The number of aromatic amines is 1. The second kappa shape index (κ2) is 6.57. The van der Waals surface area contributed by atoms with Gasteiger partial charge in [0.15, 0.2) is 5.76 Å². The molecule has 11 heteroatoms. The van der Waals surface area contributed by atoms with Gasteiger partial charge in [0.25, 0.3) is 10.0 Å². The standard InChI is InChI=1S/C13H17F3N4O3S/c1-19(2)6-7-20(3)24(21,22)12-5-4-10(23-12)9-8-11(18-17-9)13(14,15)16/h4-5,8H,6-7H2,1-3H3,(H,17,18). The van der Waals surface area contributed by atoms with Gasteiger partial charge in [-0.1, -0.05) is 0 Å². The van der Waals surface area contributed by atoms with Gasteiger partial charge in [0.2, 0.25) is 5.09 Å². The van der Waals surface area contributed by atoms with Crippen LogP contribution in [0.25, 0.3) is 11.5 Å². The minimum atomic E-state index is -4.57. The molecule has 0 aliphatic rings. The molecule has 2 heterocycles. The number of hydrogen-bond acceptors (Lipinski definition) is 5. The first-order valence-corrected chi connectivity index (χ1v) is 8.29. The van der Waals surface area contributed by atoms with Crippen LogP contribution in [-0.2, 0) is 16.2 Å². The van der Waals surface area contributed by atoms with Crippen LogP contribution in [0.5, 0.6) is 0 Å². The summed E-state index contributed by atoms with van der Waals surface area (Å²) in [6, 6.07) is 3.22. The Morgan fingerprint density at radius 1 is 1.21 bits per heavy atom. The van der Waals surface area contributed by atoms with Crippen molar-refractivity contribution in [2.45, 2.75) is 11.3 Å². The number of alkyl halides is 3. The molecule has 0 atom stereocenters. The van der Waals surface area contributed by atoms with E-state index in [9.17, 15) is 21.6 Å². The fourth-order valence-electron chi connectivity index (χ4n) is 1.80. The highest BCUT2D eigenvalue weighted by atomic mass is 32.2. The lowest BCUT2D eigenvalue weighted by atomic mass is 10.3. The number of halogens is 3. The lowest BCUT2D eigenvalue weighted by molar-refractivity contribution is -0.141. The number of aromatic nitrogens is 2. The van der Waals surface area contributed by atoms with Crippen LogP contribution in [0.4, 0.5) is 13.2 Å². The normalized spacial score (nSPS) is 13.2. The van der Waals surface area contributed by atoms with Crippen molar-refractivity contribution in [3.05, 3.63) is 23.9 Å². The van der Waals surface area contributed by atoms with Crippen LogP contribution in [0.15, 0.2) is 27.7 Å². The minimum Gasteiger partial charge on any atom is -0.442 e. The van der Waals surface area contributed by atoms with Crippen molar-refractivity contribution in [3.8, 4) is 11.5 Å². The molecule has 2 aromatic rings. The lowest BCUT2D eigenvalue weighted by Crippen LogP contribution is -2.33. The fraction of sp³-hybridized carbons (Fsp3) is 0.462. The van der Waals surface area contributed by atoms with Crippen molar-refractivity contribution >= 4 is 10.0 Å². The monoisotopic (exact) mass is 366 g/mol. The van der Waals surface area contributed by atoms with Crippen LogP contribution in [0.2, 0.25) is 0 Å². The number of nitrogens with zero attached hydrogens (tertiary/aromatic N) is 3. The Morgan fingerprint density at radius 2 is 1.88 bits per heavy atom. The van der Waals surface area contributed by atoms with Crippen LogP contribution in [0, 0.1) is 0 Å². The van der Waals surface area contributed by atoms with Gasteiger partial charge in [-0.3, -0.25) is 5.10 Å². The predicted octanol–water partition coefficient (Wildman–Crippen LogP) is 1.87. The molecule has 0 amide bonds. The Hall–Kier alpha value is -1.85. The van der Waals surface area contributed by atoms with Crippen molar-refractivity contribution in [3.63, 3.8) is 0 Å². The van der Waals surface area contributed by atoms with Gasteiger partial charge in [-0.15, -0.1) is 0 Å². The summed E-state index contributed by atoms with van der Waals surface area (Å²) in [5.74, 6) is -0.0682. The molecule has 0 saturated carbocycles. The molecule has 0 aliphatic carbocycles. The maximum absolute atomic E-state index is 12.6. The van der Waals surface area contributed by atoms with Crippen LogP contribution >= 0.6 is 0 Å². The maximum Gasteiger partial charge on any atom is 0.432 e. The topological polar surface area (TPSA) is 82.4 Å². The average Bonchev–Trinajstić information content (AvgIpc) is 3.11. The van der Waals surface area contributed by atoms with Crippen molar-refractivity contribution < 1.29 is 26.0 Å². The van der Waals surface area contributed by atoms with Crippen LogP contribution in [0.1, 0.15) is 5.69 Å². The van der Waals surface area contributed by atoms with Gasteiger partial charge in [0, 0.05) is 20.1 Å². The quantitative estimate of drug-likeness (QED) is 0.844. The van der Waals surface area contributed by atoms with E-state index in [1.165, 1.54) is 19.2 Å². The Labute approximate surface area is 137 Å². The summed E-state index contributed by atoms with van der Waals surface area (Å²) in [6.07, 6.45) is -4.57. The van der Waals surface area contributed by atoms with Crippen molar-refractivity contribution in [1.29, 1.82) is 0 Å². The minimum absolute atomic E-state index is 0.0682. The third-order valence-corrected chi connectivity index (χ3v) is 4.97. The number of nitrogens with one attached hydrogen (secondary N) is 1. The van der Waals surface area contributed by atoms with Gasteiger partial charge in [-0.05, 0) is 32.3 Å². The summed E-state index contributed by atoms with van der Waals surface area (Å²) in [5.41, 5.74) is -1.17. The maximum atomic E-state index is 12.6. The second-order valence-electron chi connectivity index (χ2n) is 5.41. The number of rotatable bonds is 6. The number of hydrogen-bond donors (Lipinski definition) is 1. The molecule has 134 valence electrons. The molecule has 7 nitrogen and oxygen atoms in total.